The van der Waals surface area contributed by atoms with Crippen LogP contribution in [0.2, 0.25) is 0 Å². The topological polar surface area (TPSA) is 0 Å². The molecule has 0 N–H and O–H groups in total. The molecule has 0 spiro atoms. The molecule has 0 aromatic heterocycles. The Morgan fingerprint density at radius 1 is 0.333 bits per heavy atom. The Labute approximate surface area is 221 Å². The summed E-state index contributed by atoms with van der Waals surface area (Å²) in [4.78, 5) is 0. The average molecular weight is 451 g/mol. The predicted octanol–water partition coefficient (Wildman–Crippen LogP) is 8.24. The summed E-state index contributed by atoms with van der Waals surface area (Å²) >= 11 is 2.22. The Balaban J connectivity index is -0.00000392. The summed E-state index contributed by atoms with van der Waals surface area (Å²) in [5.74, 6) is 2.82. The van der Waals surface area contributed by atoms with E-state index in [4.69, 9.17) is 0 Å². The number of rotatable bonds is 26. The maximum atomic E-state index is 2.30. The maximum absolute atomic E-state index is 2.30. The van der Waals surface area contributed by atoms with E-state index in [1.165, 1.54) is 166 Å². The van der Waals surface area contributed by atoms with Gasteiger partial charge in [0.15, 0.2) is 0 Å². The predicted molar refractivity (Wildman–Crippen MR) is 141 cm³/mol. The molecule has 0 aromatic carbocycles. The van der Waals surface area contributed by atoms with Gasteiger partial charge in [-0.05, 0) is 24.3 Å². The van der Waals surface area contributed by atoms with Crippen LogP contribution in [0.5, 0.6) is 0 Å². The Kier molecular flexibility index (Phi) is 36.3. The third-order valence-electron chi connectivity index (χ3n) is 6.28. The SMILES string of the molecule is CCCCCCCCCCCCCCSCCCCCCCCCCCCCC.[H-].[Na+]. The summed E-state index contributed by atoms with van der Waals surface area (Å²) < 4.78 is 0. The first-order valence-corrected chi connectivity index (χ1v) is 15.1. The van der Waals surface area contributed by atoms with Crippen LogP contribution in [-0.2, 0) is 0 Å². The molecule has 30 heavy (non-hydrogen) atoms. The maximum Gasteiger partial charge on any atom is 1.00 e. The fraction of sp³-hybridized carbons (Fsp3) is 1.00. The summed E-state index contributed by atoms with van der Waals surface area (Å²) in [5, 5.41) is 0. The second kappa shape index (κ2) is 32.5. The van der Waals surface area contributed by atoms with Crippen LogP contribution in [0.1, 0.15) is 169 Å². The van der Waals surface area contributed by atoms with Crippen LogP contribution in [0.15, 0.2) is 0 Å². The molecule has 0 aliphatic carbocycles. The van der Waals surface area contributed by atoms with E-state index < -0.39 is 0 Å². The van der Waals surface area contributed by atoms with Gasteiger partial charge in [-0.2, -0.15) is 11.8 Å². The van der Waals surface area contributed by atoms with Crippen LogP contribution in [0, 0.1) is 0 Å². The molecule has 0 aromatic rings. The molecule has 0 rings (SSSR count). The van der Waals surface area contributed by atoms with Gasteiger partial charge in [0.1, 0.15) is 0 Å². The first-order valence-electron chi connectivity index (χ1n) is 14.0. The van der Waals surface area contributed by atoms with Crippen molar-refractivity contribution < 1.29 is 31.0 Å². The summed E-state index contributed by atoms with van der Waals surface area (Å²) in [5.41, 5.74) is 0. The molecule has 0 bridgehead atoms. The van der Waals surface area contributed by atoms with E-state index in [2.05, 4.69) is 25.6 Å². The van der Waals surface area contributed by atoms with Gasteiger partial charge in [-0.1, -0.05) is 155 Å². The van der Waals surface area contributed by atoms with E-state index in [1.54, 1.807) is 0 Å². The van der Waals surface area contributed by atoms with Crippen molar-refractivity contribution in [1.82, 2.24) is 0 Å². The van der Waals surface area contributed by atoms with Gasteiger partial charge in [-0.25, -0.2) is 0 Å². The Morgan fingerprint density at radius 2 is 0.533 bits per heavy atom. The minimum Gasteiger partial charge on any atom is -1.00 e. The zero-order valence-electron chi connectivity index (χ0n) is 22.8. The third-order valence-corrected chi connectivity index (χ3v) is 7.44. The Morgan fingerprint density at radius 3 is 0.767 bits per heavy atom. The number of hydrogen-bond donors (Lipinski definition) is 0. The standard InChI is InChI=1S/C28H58S.Na.H/c1-3-5-7-9-11-13-15-17-19-21-23-25-27-29-28-26-24-22-20-18-16-14-12-10-8-6-4-2;;/h3-28H2,1-2H3;;/q;+1;-1. The molecule has 0 saturated carbocycles. The van der Waals surface area contributed by atoms with Crippen LogP contribution >= 0.6 is 11.8 Å². The van der Waals surface area contributed by atoms with Crippen molar-refractivity contribution in [2.24, 2.45) is 0 Å². The number of thioether (sulfide) groups is 1. The van der Waals surface area contributed by atoms with Crippen LogP contribution < -0.4 is 29.6 Å². The third kappa shape index (κ3) is 31.5. The van der Waals surface area contributed by atoms with Gasteiger partial charge in [-0.3, -0.25) is 0 Å². The van der Waals surface area contributed by atoms with E-state index >= 15 is 0 Å². The van der Waals surface area contributed by atoms with E-state index in [0.29, 0.717) is 0 Å². The van der Waals surface area contributed by atoms with Gasteiger partial charge in [0, 0.05) is 0 Å². The fourth-order valence-corrected chi connectivity index (χ4v) is 5.21. The molecule has 0 heterocycles. The van der Waals surface area contributed by atoms with Crippen molar-refractivity contribution in [2.45, 2.75) is 168 Å². The zero-order chi connectivity index (χ0) is 21.1. The van der Waals surface area contributed by atoms with Gasteiger partial charge in [0.2, 0.25) is 0 Å². The van der Waals surface area contributed by atoms with E-state index in [1.807, 2.05) is 0 Å². The Bertz CT molecular complexity index is 250. The number of hydrogen-bond acceptors (Lipinski definition) is 1. The molecule has 178 valence electrons. The molecule has 0 aliphatic rings. The minimum atomic E-state index is 0. The monoisotopic (exact) mass is 450 g/mol. The molecular weight excluding hydrogens is 391 g/mol. The molecule has 0 radical (unpaired) electrons. The van der Waals surface area contributed by atoms with Crippen LogP contribution in [0.4, 0.5) is 0 Å². The van der Waals surface area contributed by atoms with Gasteiger partial charge in [0.25, 0.3) is 0 Å². The molecule has 0 fully saturated rings. The van der Waals surface area contributed by atoms with Gasteiger partial charge >= 0.3 is 29.6 Å². The van der Waals surface area contributed by atoms with Crippen molar-refractivity contribution in [3.8, 4) is 0 Å². The zero-order valence-corrected chi connectivity index (χ0v) is 24.6. The van der Waals surface area contributed by atoms with Crippen molar-refractivity contribution in [1.29, 1.82) is 0 Å². The summed E-state index contributed by atoms with van der Waals surface area (Å²) in [7, 11) is 0. The van der Waals surface area contributed by atoms with Gasteiger partial charge in [-0.15, -0.1) is 0 Å². The summed E-state index contributed by atoms with van der Waals surface area (Å²) in [6.45, 7) is 4.61. The molecule has 0 amide bonds. The van der Waals surface area contributed by atoms with Crippen LogP contribution in [-0.4, -0.2) is 11.5 Å². The second-order valence-electron chi connectivity index (χ2n) is 9.39. The van der Waals surface area contributed by atoms with Crippen molar-refractivity contribution in [3.63, 3.8) is 0 Å². The van der Waals surface area contributed by atoms with Crippen molar-refractivity contribution in [2.75, 3.05) is 11.5 Å². The number of unbranched alkanes of at least 4 members (excludes halogenated alkanes) is 22. The fourth-order valence-electron chi connectivity index (χ4n) is 4.19. The second-order valence-corrected chi connectivity index (χ2v) is 10.6. The molecule has 0 saturated heterocycles. The van der Waals surface area contributed by atoms with Crippen molar-refractivity contribution in [3.05, 3.63) is 0 Å². The van der Waals surface area contributed by atoms with Crippen LogP contribution in [0.3, 0.4) is 0 Å². The molecular formula is C28H59NaS. The first-order chi connectivity index (χ1) is 14.4. The summed E-state index contributed by atoms with van der Waals surface area (Å²) in [6, 6.07) is 0. The smallest absolute Gasteiger partial charge is 1.00 e. The quantitative estimate of drug-likeness (QED) is 0.0944. The first kappa shape index (κ1) is 33.5. The minimum absolute atomic E-state index is 0. The van der Waals surface area contributed by atoms with Crippen molar-refractivity contribution >= 4 is 11.8 Å². The molecule has 0 aliphatic heterocycles. The molecule has 0 unspecified atom stereocenters. The molecule has 0 nitrogen and oxygen atoms in total. The summed E-state index contributed by atoms with van der Waals surface area (Å²) in [6.07, 6.45) is 35.2. The largest absolute Gasteiger partial charge is 1.00 e. The molecule has 0 atom stereocenters. The normalized spacial score (nSPS) is 11.0. The van der Waals surface area contributed by atoms with E-state index in [-0.39, 0.29) is 31.0 Å². The van der Waals surface area contributed by atoms with E-state index in [0.717, 1.165) is 0 Å². The van der Waals surface area contributed by atoms with Crippen LogP contribution in [0.25, 0.3) is 0 Å². The molecule has 2 heteroatoms. The average Bonchev–Trinajstić information content (AvgIpc) is 2.74. The Hall–Kier alpha value is 1.35. The van der Waals surface area contributed by atoms with E-state index in [9.17, 15) is 0 Å². The van der Waals surface area contributed by atoms with Gasteiger partial charge in [0.05, 0.1) is 0 Å². The van der Waals surface area contributed by atoms with Gasteiger partial charge < -0.3 is 1.43 Å².